The summed E-state index contributed by atoms with van der Waals surface area (Å²) >= 11 is 4.94. The predicted molar refractivity (Wildman–Crippen MR) is 88.0 cm³/mol. The van der Waals surface area contributed by atoms with E-state index in [4.69, 9.17) is 10.5 Å². The van der Waals surface area contributed by atoms with Gasteiger partial charge < -0.3 is 15.5 Å². The average Bonchev–Trinajstić information content (AvgIpc) is 3.08. The van der Waals surface area contributed by atoms with E-state index in [-0.39, 0.29) is 6.61 Å². The first-order valence-electron chi connectivity index (χ1n) is 6.36. The monoisotopic (exact) mass is 378 g/mol. The van der Waals surface area contributed by atoms with Crippen LogP contribution < -0.4 is 5.73 Å². The summed E-state index contributed by atoms with van der Waals surface area (Å²) in [5, 5.41) is 1.95. The summed E-state index contributed by atoms with van der Waals surface area (Å²) in [5.41, 5.74) is 7.59. The molecular weight excluding hydrogens is 368 g/mol. The highest BCUT2D eigenvalue weighted by Crippen LogP contribution is 2.30. The van der Waals surface area contributed by atoms with Crippen LogP contribution in [0.3, 0.4) is 0 Å². The number of ether oxygens (including phenoxy) is 1. The van der Waals surface area contributed by atoms with Gasteiger partial charge in [-0.2, -0.15) is 0 Å². The lowest BCUT2D eigenvalue weighted by molar-refractivity contribution is 0.0467. The van der Waals surface area contributed by atoms with Crippen LogP contribution in [-0.4, -0.2) is 16.9 Å². The van der Waals surface area contributed by atoms with Gasteiger partial charge in [0.05, 0.1) is 14.7 Å². The molecule has 0 saturated heterocycles. The van der Waals surface area contributed by atoms with Gasteiger partial charge in [-0.1, -0.05) is 12.1 Å². The quantitative estimate of drug-likeness (QED) is 0.681. The summed E-state index contributed by atoms with van der Waals surface area (Å²) in [7, 11) is 0. The molecule has 0 bridgehead atoms. The number of nitrogens with one attached hydrogen (secondary N) is 1. The number of benzene rings is 1. The molecule has 0 atom stereocenters. The molecule has 0 fully saturated rings. The van der Waals surface area contributed by atoms with E-state index in [0.29, 0.717) is 16.8 Å². The first-order chi connectivity index (χ1) is 10.5. The summed E-state index contributed by atoms with van der Waals surface area (Å²) in [6, 6.07) is 8.45. The number of nitrogens with two attached hydrogens (primary N) is 1. The Hall–Kier alpha value is -2.12. The summed E-state index contributed by atoms with van der Waals surface area (Å²) in [4.78, 5) is 26.2. The van der Waals surface area contributed by atoms with Gasteiger partial charge in [-0.15, -0.1) is 11.3 Å². The Morgan fingerprint density at radius 2 is 2.14 bits per heavy atom. The van der Waals surface area contributed by atoms with E-state index in [2.05, 4.69) is 20.9 Å². The fraction of sp³-hybridized carbons (Fsp3) is 0.0667. The first kappa shape index (κ1) is 14.8. The largest absolute Gasteiger partial charge is 0.456 e. The van der Waals surface area contributed by atoms with Crippen LogP contribution in [0.15, 0.2) is 40.2 Å². The second-order valence-electron chi connectivity index (χ2n) is 4.65. The van der Waals surface area contributed by atoms with Gasteiger partial charge in [0.25, 0.3) is 0 Å². The van der Waals surface area contributed by atoms with Crippen molar-refractivity contribution in [3.05, 3.63) is 57.0 Å². The topological polar surface area (TPSA) is 85.2 Å². The smallest absolute Gasteiger partial charge is 0.355 e. The number of rotatable bonds is 4. The molecule has 1 aromatic carbocycles. The normalized spacial score (nSPS) is 10.8. The molecule has 2 heterocycles. The number of halogens is 1. The zero-order chi connectivity index (χ0) is 15.7. The second kappa shape index (κ2) is 5.94. The molecule has 0 saturated carbocycles. The highest BCUT2D eigenvalue weighted by atomic mass is 79.9. The zero-order valence-corrected chi connectivity index (χ0v) is 13.7. The van der Waals surface area contributed by atoms with Crippen LogP contribution in [0.2, 0.25) is 0 Å². The highest BCUT2D eigenvalue weighted by Gasteiger charge is 2.14. The van der Waals surface area contributed by atoms with Gasteiger partial charge in [-0.05, 0) is 39.7 Å². The van der Waals surface area contributed by atoms with E-state index < -0.39 is 11.9 Å². The van der Waals surface area contributed by atoms with Crippen molar-refractivity contribution in [1.29, 1.82) is 0 Å². The molecule has 2 aromatic heterocycles. The molecule has 3 rings (SSSR count). The Kier molecular flexibility index (Phi) is 4.00. The zero-order valence-electron chi connectivity index (χ0n) is 11.3. The molecule has 0 aliphatic heterocycles. The third kappa shape index (κ3) is 2.90. The molecule has 0 unspecified atom stereocenters. The van der Waals surface area contributed by atoms with Crippen LogP contribution in [0.1, 0.15) is 26.4 Å². The van der Waals surface area contributed by atoms with Gasteiger partial charge >= 0.3 is 5.97 Å². The molecule has 22 heavy (non-hydrogen) atoms. The maximum absolute atomic E-state index is 12.1. The van der Waals surface area contributed by atoms with E-state index in [0.717, 1.165) is 14.7 Å². The SMILES string of the molecule is NC(=O)c1cccc(COC(=O)c2cc3scc(Br)c3[nH]2)c1. The maximum atomic E-state index is 12.1. The summed E-state index contributed by atoms with van der Waals surface area (Å²) in [6.45, 7) is 0.0772. The van der Waals surface area contributed by atoms with Gasteiger partial charge in [-0.25, -0.2) is 4.79 Å². The molecule has 3 aromatic rings. The number of amides is 1. The van der Waals surface area contributed by atoms with Crippen molar-refractivity contribution < 1.29 is 14.3 Å². The number of thiophene rings is 1. The minimum absolute atomic E-state index is 0.0772. The number of hydrogen-bond acceptors (Lipinski definition) is 4. The van der Waals surface area contributed by atoms with Crippen LogP contribution in [-0.2, 0) is 11.3 Å². The molecule has 5 nitrogen and oxygen atoms in total. The van der Waals surface area contributed by atoms with Crippen molar-refractivity contribution >= 4 is 49.4 Å². The van der Waals surface area contributed by atoms with E-state index in [1.54, 1.807) is 30.3 Å². The maximum Gasteiger partial charge on any atom is 0.355 e. The Balaban J connectivity index is 1.71. The molecule has 0 radical (unpaired) electrons. The molecule has 112 valence electrons. The summed E-state index contributed by atoms with van der Waals surface area (Å²) < 4.78 is 7.15. The van der Waals surface area contributed by atoms with Crippen molar-refractivity contribution in [2.45, 2.75) is 6.61 Å². The number of hydrogen-bond donors (Lipinski definition) is 2. The number of primary amides is 1. The molecule has 7 heteroatoms. The Morgan fingerprint density at radius 3 is 2.86 bits per heavy atom. The van der Waals surface area contributed by atoms with Crippen molar-refractivity contribution in [3.8, 4) is 0 Å². The average molecular weight is 379 g/mol. The lowest BCUT2D eigenvalue weighted by Crippen LogP contribution is -2.11. The lowest BCUT2D eigenvalue weighted by Gasteiger charge is -2.05. The van der Waals surface area contributed by atoms with Gasteiger partial charge in [0.15, 0.2) is 0 Å². The standard InChI is InChI=1S/C15H11BrN2O3S/c16-10-7-22-12-5-11(18-13(10)12)15(20)21-6-8-2-1-3-9(4-8)14(17)19/h1-5,7,18H,6H2,(H2,17,19). The minimum Gasteiger partial charge on any atom is -0.456 e. The lowest BCUT2D eigenvalue weighted by atomic mass is 10.1. The van der Waals surface area contributed by atoms with Crippen molar-refractivity contribution in [1.82, 2.24) is 4.98 Å². The Bertz CT molecular complexity index is 869. The van der Waals surface area contributed by atoms with Gasteiger partial charge in [-0.3, -0.25) is 4.79 Å². The molecule has 0 aliphatic rings. The minimum atomic E-state index is -0.511. The van der Waals surface area contributed by atoms with Crippen LogP contribution in [0.4, 0.5) is 0 Å². The molecule has 1 amide bonds. The van der Waals surface area contributed by atoms with Crippen LogP contribution in [0.5, 0.6) is 0 Å². The van der Waals surface area contributed by atoms with E-state index in [1.165, 1.54) is 11.3 Å². The number of H-pyrrole nitrogens is 1. The van der Waals surface area contributed by atoms with Crippen LogP contribution in [0.25, 0.3) is 10.2 Å². The Labute approximate surface area is 138 Å². The molecule has 0 spiro atoms. The predicted octanol–water partition coefficient (Wildman–Crippen LogP) is 3.45. The van der Waals surface area contributed by atoms with Gasteiger partial charge in [0.1, 0.15) is 12.3 Å². The first-order valence-corrected chi connectivity index (χ1v) is 8.03. The summed E-state index contributed by atoms with van der Waals surface area (Å²) in [5.74, 6) is -0.956. The number of aromatic nitrogens is 1. The van der Waals surface area contributed by atoms with Gasteiger partial charge in [0.2, 0.25) is 5.91 Å². The number of carbonyl (C=O) groups excluding carboxylic acids is 2. The second-order valence-corrected chi connectivity index (χ2v) is 6.41. The third-order valence-electron chi connectivity index (χ3n) is 3.11. The van der Waals surface area contributed by atoms with Gasteiger partial charge in [0, 0.05) is 10.9 Å². The fourth-order valence-electron chi connectivity index (χ4n) is 2.03. The molecule has 0 aliphatic carbocycles. The molecular formula is C15H11BrN2O3S. The Morgan fingerprint density at radius 1 is 1.32 bits per heavy atom. The fourth-order valence-corrected chi connectivity index (χ4v) is 3.57. The van der Waals surface area contributed by atoms with E-state index in [9.17, 15) is 9.59 Å². The van der Waals surface area contributed by atoms with Crippen molar-refractivity contribution in [2.24, 2.45) is 5.73 Å². The summed E-state index contributed by atoms with van der Waals surface area (Å²) in [6.07, 6.45) is 0. The van der Waals surface area contributed by atoms with Crippen molar-refractivity contribution in [2.75, 3.05) is 0 Å². The number of aromatic amines is 1. The van der Waals surface area contributed by atoms with Crippen LogP contribution >= 0.6 is 27.3 Å². The molecule has 3 N–H and O–H groups in total. The number of esters is 1. The third-order valence-corrected chi connectivity index (χ3v) is 4.97. The van der Waals surface area contributed by atoms with Crippen LogP contribution in [0, 0.1) is 0 Å². The van der Waals surface area contributed by atoms with E-state index >= 15 is 0 Å². The number of fused-ring (bicyclic) bond motifs is 1. The number of carbonyl (C=O) groups is 2. The van der Waals surface area contributed by atoms with E-state index in [1.807, 2.05) is 5.38 Å². The van der Waals surface area contributed by atoms with Crippen molar-refractivity contribution in [3.63, 3.8) is 0 Å². The highest BCUT2D eigenvalue weighted by molar-refractivity contribution is 9.10.